The molecule has 2 aromatic heterocycles. The van der Waals surface area contributed by atoms with E-state index in [0.717, 1.165) is 11.9 Å². The number of hydroxylamine groups is 2. The first-order valence-corrected chi connectivity index (χ1v) is 9.96. The van der Waals surface area contributed by atoms with Gasteiger partial charge in [-0.3, -0.25) is 19.4 Å². The summed E-state index contributed by atoms with van der Waals surface area (Å²) in [6, 6.07) is 3.30. The molecule has 2 fully saturated rings. The number of amides is 2. The van der Waals surface area contributed by atoms with Gasteiger partial charge in [0.05, 0.1) is 23.5 Å². The van der Waals surface area contributed by atoms with Crippen LogP contribution in [0.4, 0.5) is 10.3 Å². The van der Waals surface area contributed by atoms with Gasteiger partial charge in [-0.15, -0.1) is 0 Å². The highest BCUT2D eigenvalue weighted by Crippen LogP contribution is 2.33. The molecule has 11 heteroatoms. The minimum Gasteiger partial charge on any atom is -0.364 e. The molecule has 0 aliphatic carbocycles. The average molecular weight is 435 g/mol. The van der Waals surface area contributed by atoms with Crippen LogP contribution < -0.4 is 10.6 Å². The van der Waals surface area contributed by atoms with Crippen LogP contribution in [0.15, 0.2) is 24.5 Å². The van der Waals surface area contributed by atoms with Crippen molar-refractivity contribution in [2.24, 2.45) is 11.7 Å². The third-order valence-electron chi connectivity index (χ3n) is 5.31. The molecule has 0 bridgehead atoms. The molecule has 0 aromatic carbocycles. The van der Waals surface area contributed by atoms with Crippen LogP contribution in [0, 0.1) is 11.7 Å². The normalized spacial score (nSPS) is 19.9. The number of hydrogen-bond donors (Lipinski definition) is 1. The molecule has 2 saturated heterocycles. The summed E-state index contributed by atoms with van der Waals surface area (Å²) in [6.45, 7) is 1.41. The largest absolute Gasteiger partial charge is 0.364 e. The lowest BCUT2D eigenvalue weighted by Gasteiger charge is -2.34. The number of carbonyl (C=O) groups excluding carboxylic acids is 2. The van der Waals surface area contributed by atoms with Crippen LogP contribution in [-0.4, -0.2) is 51.5 Å². The van der Waals surface area contributed by atoms with Crippen LogP contribution >= 0.6 is 11.6 Å². The molecule has 30 heavy (non-hydrogen) atoms. The van der Waals surface area contributed by atoms with Crippen molar-refractivity contribution < 1.29 is 18.8 Å². The summed E-state index contributed by atoms with van der Waals surface area (Å²) in [5.41, 5.74) is 5.44. The Kier molecular flexibility index (Phi) is 5.78. The summed E-state index contributed by atoms with van der Waals surface area (Å²) >= 11 is 5.90. The number of hydrogen-bond acceptors (Lipinski definition) is 7. The minimum atomic E-state index is -0.950. The molecular formula is C19H20ClFN6O3. The fourth-order valence-corrected chi connectivity index (χ4v) is 3.84. The Morgan fingerprint density at radius 1 is 1.17 bits per heavy atom. The molecule has 1 atom stereocenters. The van der Waals surface area contributed by atoms with Gasteiger partial charge in [0, 0.05) is 31.6 Å². The summed E-state index contributed by atoms with van der Waals surface area (Å²) in [7, 11) is 0. The van der Waals surface area contributed by atoms with E-state index in [1.165, 1.54) is 5.06 Å². The maximum atomic E-state index is 13.6. The molecule has 158 valence electrons. The van der Waals surface area contributed by atoms with Crippen LogP contribution in [0.3, 0.4) is 0 Å². The second-order valence-corrected chi connectivity index (χ2v) is 7.63. The summed E-state index contributed by atoms with van der Waals surface area (Å²) < 4.78 is 13.6. The third-order valence-corrected chi connectivity index (χ3v) is 5.53. The SMILES string of the molecule is NC(=O)c1nc(N2CCC(C(=O)N3OCC[C@H]3c3ccc(Cl)cn3)CC2)ncc1F. The molecule has 9 nitrogen and oxygen atoms in total. The van der Waals surface area contributed by atoms with Crippen molar-refractivity contribution in [3.05, 3.63) is 46.8 Å². The Hall–Kier alpha value is -2.85. The number of nitrogens with two attached hydrogens (primary N) is 1. The predicted octanol–water partition coefficient (Wildman–Crippen LogP) is 1.88. The van der Waals surface area contributed by atoms with E-state index in [9.17, 15) is 14.0 Å². The molecule has 0 radical (unpaired) electrons. The fourth-order valence-electron chi connectivity index (χ4n) is 3.73. The number of rotatable bonds is 4. The summed E-state index contributed by atoms with van der Waals surface area (Å²) in [5.74, 6) is -1.91. The van der Waals surface area contributed by atoms with Gasteiger partial charge in [0.1, 0.15) is 6.04 Å². The molecule has 4 heterocycles. The van der Waals surface area contributed by atoms with Crippen molar-refractivity contribution in [1.82, 2.24) is 20.0 Å². The van der Waals surface area contributed by atoms with Crippen LogP contribution in [0.25, 0.3) is 0 Å². The Morgan fingerprint density at radius 2 is 1.93 bits per heavy atom. The number of piperidine rings is 1. The molecular weight excluding hydrogens is 415 g/mol. The first-order valence-electron chi connectivity index (χ1n) is 9.58. The van der Waals surface area contributed by atoms with E-state index in [1.807, 2.05) is 0 Å². The predicted molar refractivity (Wildman–Crippen MR) is 105 cm³/mol. The van der Waals surface area contributed by atoms with Gasteiger partial charge in [-0.25, -0.2) is 19.4 Å². The van der Waals surface area contributed by atoms with Gasteiger partial charge in [-0.2, -0.15) is 0 Å². The van der Waals surface area contributed by atoms with Gasteiger partial charge in [-0.1, -0.05) is 11.6 Å². The Balaban J connectivity index is 1.41. The van der Waals surface area contributed by atoms with E-state index in [1.54, 1.807) is 23.2 Å². The molecule has 2 aromatic rings. The van der Waals surface area contributed by atoms with Gasteiger partial charge in [0.15, 0.2) is 11.5 Å². The fraction of sp³-hybridized carbons (Fsp3) is 0.421. The average Bonchev–Trinajstić information content (AvgIpc) is 3.24. The second kappa shape index (κ2) is 8.49. The van der Waals surface area contributed by atoms with E-state index in [-0.39, 0.29) is 23.8 Å². The zero-order chi connectivity index (χ0) is 21.3. The highest BCUT2D eigenvalue weighted by Gasteiger charge is 2.38. The zero-order valence-corrected chi connectivity index (χ0v) is 16.8. The first kappa shape index (κ1) is 20.4. The number of carbonyl (C=O) groups is 2. The van der Waals surface area contributed by atoms with Crippen molar-refractivity contribution >= 4 is 29.4 Å². The number of primary amides is 1. The zero-order valence-electron chi connectivity index (χ0n) is 16.0. The molecule has 2 amide bonds. The Labute approximate surface area is 177 Å². The van der Waals surface area contributed by atoms with Crippen molar-refractivity contribution in [2.75, 3.05) is 24.6 Å². The highest BCUT2D eigenvalue weighted by molar-refractivity contribution is 6.30. The van der Waals surface area contributed by atoms with Crippen molar-refractivity contribution in [1.29, 1.82) is 0 Å². The summed E-state index contributed by atoms with van der Waals surface area (Å²) in [4.78, 5) is 44.0. The number of aromatic nitrogens is 3. The van der Waals surface area contributed by atoms with Crippen LogP contribution in [-0.2, 0) is 9.63 Å². The van der Waals surface area contributed by atoms with Gasteiger partial charge >= 0.3 is 0 Å². The number of nitrogens with zero attached hydrogens (tertiary/aromatic N) is 5. The lowest BCUT2D eigenvalue weighted by molar-refractivity contribution is -0.182. The van der Waals surface area contributed by atoms with E-state index < -0.39 is 17.4 Å². The third kappa shape index (κ3) is 4.05. The van der Waals surface area contributed by atoms with E-state index >= 15 is 0 Å². The van der Waals surface area contributed by atoms with Gasteiger partial charge in [0.25, 0.3) is 5.91 Å². The lowest BCUT2D eigenvalue weighted by atomic mass is 9.95. The second-order valence-electron chi connectivity index (χ2n) is 7.20. The standard InChI is InChI=1S/C19H20ClFN6O3/c20-12-1-2-14(23-9-12)15-5-8-30-27(15)18(29)11-3-6-26(7-4-11)19-24-10-13(21)16(25-19)17(22)28/h1-2,9-11,15H,3-8H2,(H2,22,28)/t15-/m0/s1. The van der Waals surface area contributed by atoms with Crippen LogP contribution in [0.2, 0.25) is 5.02 Å². The number of pyridine rings is 1. The molecule has 2 aliphatic heterocycles. The molecule has 2 aliphatic rings. The van der Waals surface area contributed by atoms with Crippen LogP contribution in [0.5, 0.6) is 0 Å². The maximum Gasteiger partial charge on any atom is 0.270 e. The van der Waals surface area contributed by atoms with Crippen molar-refractivity contribution in [3.8, 4) is 0 Å². The van der Waals surface area contributed by atoms with E-state index in [0.29, 0.717) is 44.0 Å². The van der Waals surface area contributed by atoms with E-state index in [2.05, 4.69) is 15.0 Å². The maximum absolute atomic E-state index is 13.6. The Bertz CT molecular complexity index is 952. The molecule has 4 rings (SSSR count). The van der Waals surface area contributed by atoms with Gasteiger partial charge in [-0.05, 0) is 25.0 Å². The van der Waals surface area contributed by atoms with E-state index in [4.69, 9.17) is 22.2 Å². The topological polar surface area (TPSA) is 115 Å². The minimum absolute atomic E-state index is 0.0910. The molecule has 2 N–H and O–H groups in total. The molecule has 0 unspecified atom stereocenters. The Morgan fingerprint density at radius 3 is 2.60 bits per heavy atom. The van der Waals surface area contributed by atoms with Crippen molar-refractivity contribution in [3.63, 3.8) is 0 Å². The highest BCUT2D eigenvalue weighted by atomic mass is 35.5. The molecule has 0 saturated carbocycles. The van der Waals surface area contributed by atoms with Crippen molar-refractivity contribution in [2.45, 2.75) is 25.3 Å². The van der Waals surface area contributed by atoms with Crippen LogP contribution in [0.1, 0.15) is 41.5 Å². The summed E-state index contributed by atoms with van der Waals surface area (Å²) in [6.07, 6.45) is 4.25. The number of anilines is 1. The first-order chi connectivity index (χ1) is 14.4. The quantitative estimate of drug-likeness (QED) is 0.781. The smallest absolute Gasteiger partial charge is 0.270 e. The van der Waals surface area contributed by atoms with Gasteiger partial charge in [0.2, 0.25) is 11.9 Å². The van der Waals surface area contributed by atoms with Gasteiger partial charge < -0.3 is 10.6 Å². The number of halogens is 2. The lowest BCUT2D eigenvalue weighted by Crippen LogP contribution is -2.42. The summed E-state index contributed by atoms with van der Waals surface area (Å²) in [5, 5.41) is 1.96. The monoisotopic (exact) mass is 434 g/mol. The molecule has 0 spiro atoms.